The first-order valence-corrected chi connectivity index (χ1v) is 10.2. The van der Waals surface area contributed by atoms with E-state index >= 15 is 0 Å². The molecule has 0 atom stereocenters. The Balaban J connectivity index is 1.49. The number of carbonyl (C=O) groups excluding carboxylic acids is 2. The van der Waals surface area contributed by atoms with E-state index in [9.17, 15) is 9.59 Å². The normalized spacial score (nSPS) is 10.8. The van der Waals surface area contributed by atoms with E-state index in [-0.39, 0.29) is 17.4 Å². The molecule has 0 fully saturated rings. The van der Waals surface area contributed by atoms with E-state index in [0.29, 0.717) is 21.8 Å². The largest absolute Gasteiger partial charge is 0.321 e. The Kier molecular flexibility index (Phi) is 4.77. The van der Waals surface area contributed by atoms with Crippen LogP contribution in [0.2, 0.25) is 0 Å². The minimum absolute atomic E-state index is 0.111. The molecule has 0 bridgehead atoms. The number of rotatable bonds is 5. The maximum absolute atomic E-state index is 12.8. The zero-order valence-corrected chi connectivity index (χ0v) is 16.8. The summed E-state index contributed by atoms with van der Waals surface area (Å²) < 4.78 is 1.63. The zero-order chi connectivity index (χ0) is 21.2. The van der Waals surface area contributed by atoms with Crippen LogP contribution in [-0.2, 0) is 0 Å². The minimum atomic E-state index is -0.354. The Morgan fingerprint density at radius 2 is 1.90 bits per heavy atom. The van der Waals surface area contributed by atoms with E-state index in [2.05, 4.69) is 25.4 Å². The highest BCUT2D eigenvalue weighted by molar-refractivity contribution is 7.12. The lowest BCUT2D eigenvalue weighted by atomic mass is 10.1. The van der Waals surface area contributed by atoms with Crippen LogP contribution in [-0.4, -0.2) is 36.3 Å². The van der Waals surface area contributed by atoms with Gasteiger partial charge in [-0.2, -0.15) is 5.10 Å². The summed E-state index contributed by atoms with van der Waals surface area (Å²) in [6.07, 6.45) is 7.55. The molecule has 1 amide bonds. The summed E-state index contributed by atoms with van der Waals surface area (Å²) in [5.74, 6) is -0.465. The molecule has 1 N–H and O–H groups in total. The van der Waals surface area contributed by atoms with E-state index < -0.39 is 0 Å². The third-order valence-corrected chi connectivity index (χ3v) is 5.47. The molecule has 0 spiro atoms. The molecule has 0 saturated carbocycles. The zero-order valence-electron chi connectivity index (χ0n) is 16.0. The van der Waals surface area contributed by atoms with Gasteiger partial charge in [-0.15, -0.1) is 11.3 Å². The first kappa shape index (κ1) is 18.8. The van der Waals surface area contributed by atoms with Crippen molar-refractivity contribution in [3.05, 3.63) is 95.0 Å². The van der Waals surface area contributed by atoms with Crippen molar-refractivity contribution >= 4 is 34.4 Å². The lowest BCUT2D eigenvalue weighted by Gasteiger charge is -2.08. The molecule has 1 aromatic carbocycles. The van der Waals surface area contributed by atoms with Gasteiger partial charge in [0.1, 0.15) is 5.69 Å². The molecular formula is C22H14N6O2S. The fraction of sp³-hybridized carbons (Fsp3) is 0. The molecule has 0 aliphatic heterocycles. The van der Waals surface area contributed by atoms with Gasteiger partial charge in [0, 0.05) is 29.8 Å². The molecule has 8 nitrogen and oxygen atoms in total. The maximum atomic E-state index is 12.8. The van der Waals surface area contributed by atoms with Crippen LogP contribution in [0.1, 0.15) is 25.7 Å². The number of anilines is 1. The van der Waals surface area contributed by atoms with Crippen LogP contribution < -0.4 is 5.32 Å². The van der Waals surface area contributed by atoms with E-state index in [1.807, 2.05) is 35.7 Å². The molecule has 5 rings (SSSR count). The van der Waals surface area contributed by atoms with Crippen LogP contribution in [0.4, 0.5) is 5.69 Å². The first-order chi connectivity index (χ1) is 15.2. The number of amides is 1. The number of ketones is 1. The molecule has 0 aliphatic carbocycles. The number of nitrogens with one attached hydrogen (secondary N) is 1. The van der Waals surface area contributed by atoms with E-state index in [1.54, 1.807) is 22.8 Å². The van der Waals surface area contributed by atoms with Crippen molar-refractivity contribution in [1.29, 1.82) is 0 Å². The Morgan fingerprint density at radius 3 is 2.71 bits per heavy atom. The fourth-order valence-electron chi connectivity index (χ4n) is 3.18. The molecule has 0 radical (unpaired) electrons. The van der Waals surface area contributed by atoms with Gasteiger partial charge >= 0.3 is 0 Å². The van der Waals surface area contributed by atoms with Crippen LogP contribution in [0.25, 0.3) is 16.9 Å². The second kappa shape index (κ2) is 7.88. The number of hydrogen-bond acceptors (Lipinski definition) is 7. The number of benzene rings is 1. The second-order valence-electron chi connectivity index (χ2n) is 6.56. The predicted molar refractivity (Wildman–Crippen MR) is 116 cm³/mol. The standard InChI is InChI=1S/C22H14N6O2S/c29-20(19-5-2-10-31-19)16-12-26-28-18(6-7-25-21(16)28)14-3-1-4-15(11-14)27-22(30)17-13-23-8-9-24-17/h1-13H,(H,27,30). The van der Waals surface area contributed by atoms with Crippen molar-refractivity contribution in [3.8, 4) is 11.3 Å². The van der Waals surface area contributed by atoms with Gasteiger partial charge in [-0.05, 0) is 29.6 Å². The molecule has 0 saturated heterocycles. The van der Waals surface area contributed by atoms with Crippen molar-refractivity contribution in [2.45, 2.75) is 0 Å². The van der Waals surface area contributed by atoms with Crippen LogP contribution in [0.3, 0.4) is 0 Å². The molecule has 31 heavy (non-hydrogen) atoms. The van der Waals surface area contributed by atoms with Gasteiger partial charge in [-0.25, -0.2) is 14.5 Å². The highest BCUT2D eigenvalue weighted by Crippen LogP contribution is 2.25. The van der Waals surface area contributed by atoms with Crippen LogP contribution >= 0.6 is 11.3 Å². The smallest absolute Gasteiger partial charge is 0.275 e. The highest BCUT2D eigenvalue weighted by Gasteiger charge is 2.18. The number of nitrogens with zero attached hydrogens (tertiary/aromatic N) is 5. The van der Waals surface area contributed by atoms with Gasteiger partial charge in [-0.1, -0.05) is 18.2 Å². The third-order valence-electron chi connectivity index (χ3n) is 4.60. The summed E-state index contributed by atoms with van der Waals surface area (Å²) in [4.78, 5) is 38.1. The Morgan fingerprint density at radius 1 is 0.968 bits per heavy atom. The van der Waals surface area contributed by atoms with Crippen molar-refractivity contribution in [3.63, 3.8) is 0 Å². The third kappa shape index (κ3) is 3.58. The Bertz CT molecular complexity index is 1400. The van der Waals surface area contributed by atoms with E-state index in [0.717, 1.165) is 11.3 Å². The maximum Gasteiger partial charge on any atom is 0.275 e. The van der Waals surface area contributed by atoms with Gasteiger partial charge in [0.25, 0.3) is 5.91 Å². The molecule has 150 valence electrons. The van der Waals surface area contributed by atoms with Crippen LogP contribution in [0, 0.1) is 0 Å². The monoisotopic (exact) mass is 426 g/mol. The van der Waals surface area contributed by atoms with Gasteiger partial charge < -0.3 is 5.32 Å². The average molecular weight is 426 g/mol. The predicted octanol–water partition coefficient (Wildman–Crippen LogP) is 3.73. The van der Waals surface area contributed by atoms with Gasteiger partial charge in [0.15, 0.2) is 5.65 Å². The number of fused-ring (bicyclic) bond motifs is 1. The molecule has 0 unspecified atom stereocenters. The summed E-state index contributed by atoms with van der Waals surface area (Å²) in [5, 5.41) is 9.08. The molecular weight excluding hydrogens is 412 g/mol. The van der Waals surface area contributed by atoms with Crippen molar-refractivity contribution in [2.75, 3.05) is 5.32 Å². The second-order valence-corrected chi connectivity index (χ2v) is 7.50. The lowest BCUT2D eigenvalue weighted by Crippen LogP contribution is -2.13. The quantitative estimate of drug-likeness (QED) is 0.430. The summed E-state index contributed by atoms with van der Waals surface area (Å²) >= 11 is 1.38. The molecule has 4 heterocycles. The van der Waals surface area contributed by atoms with E-state index in [1.165, 1.54) is 36.1 Å². The van der Waals surface area contributed by atoms with Crippen molar-refractivity contribution in [2.24, 2.45) is 0 Å². The van der Waals surface area contributed by atoms with Gasteiger partial charge in [0.05, 0.1) is 28.5 Å². The average Bonchev–Trinajstić information content (AvgIpc) is 3.50. The summed E-state index contributed by atoms with van der Waals surface area (Å²) in [6, 6.07) is 12.8. The van der Waals surface area contributed by atoms with E-state index in [4.69, 9.17) is 0 Å². The Hall–Kier alpha value is -4.24. The number of hydrogen-bond donors (Lipinski definition) is 1. The van der Waals surface area contributed by atoms with Gasteiger partial charge in [0.2, 0.25) is 5.78 Å². The van der Waals surface area contributed by atoms with Crippen LogP contribution in [0.5, 0.6) is 0 Å². The first-order valence-electron chi connectivity index (χ1n) is 9.29. The topological polar surface area (TPSA) is 102 Å². The fourth-order valence-corrected chi connectivity index (χ4v) is 3.86. The van der Waals surface area contributed by atoms with Crippen LogP contribution in [0.15, 0.2) is 78.8 Å². The molecule has 4 aromatic heterocycles. The summed E-state index contributed by atoms with van der Waals surface area (Å²) in [6.45, 7) is 0. The summed E-state index contributed by atoms with van der Waals surface area (Å²) in [5.41, 5.74) is 3.29. The highest BCUT2D eigenvalue weighted by atomic mass is 32.1. The van der Waals surface area contributed by atoms with Crippen molar-refractivity contribution < 1.29 is 9.59 Å². The minimum Gasteiger partial charge on any atom is -0.321 e. The lowest BCUT2D eigenvalue weighted by molar-refractivity contribution is 0.101. The molecule has 5 aromatic rings. The molecule has 0 aliphatic rings. The Labute approximate surface area is 180 Å². The SMILES string of the molecule is O=C(Nc1cccc(-c2ccnc3c(C(=O)c4cccs4)cnn23)c1)c1cnccn1. The molecule has 9 heteroatoms. The van der Waals surface area contributed by atoms with Gasteiger partial charge in [-0.3, -0.25) is 14.6 Å². The van der Waals surface area contributed by atoms with Crippen molar-refractivity contribution in [1.82, 2.24) is 24.6 Å². The number of carbonyl (C=O) groups is 2. The number of aromatic nitrogens is 5. The summed E-state index contributed by atoms with van der Waals surface area (Å²) in [7, 11) is 0. The number of thiophene rings is 1.